The summed E-state index contributed by atoms with van der Waals surface area (Å²) in [6.45, 7) is 0.742. The molecule has 0 bridgehead atoms. The minimum atomic E-state index is -1.10. The SMILES string of the molecule is COc1cccc2cc(C(=O)C3=C(O)C(=O)N(CCCn4ccnc4)[C@H]3c3ccccc3F)oc12. The second-order valence-electron chi connectivity index (χ2n) is 8.16. The van der Waals surface area contributed by atoms with E-state index in [9.17, 15) is 19.1 Å². The van der Waals surface area contributed by atoms with Gasteiger partial charge in [-0.15, -0.1) is 0 Å². The molecule has 1 atom stereocenters. The molecule has 0 fully saturated rings. The first-order valence-electron chi connectivity index (χ1n) is 11.0. The molecular weight excluding hydrogens is 453 g/mol. The molecule has 2 aromatic heterocycles. The number of hydrogen-bond acceptors (Lipinski definition) is 6. The second-order valence-corrected chi connectivity index (χ2v) is 8.16. The number of imidazole rings is 1. The Hall–Kier alpha value is -4.40. The Morgan fingerprint density at radius 3 is 2.77 bits per heavy atom. The molecule has 9 heteroatoms. The Morgan fingerprint density at radius 1 is 1.20 bits per heavy atom. The fourth-order valence-corrected chi connectivity index (χ4v) is 4.42. The molecular formula is C26H22FN3O5. The molecule has 3 heterocycles. The summed E-state index contributed by atoms with van der Waals surface area (Å²) >= 11 is 0. The normalized spacial score (nSPS) is 15.9. The first-order chi connectivity index (χ1) is 17.0. The summed E-state index contributed by atoms with van der Waals surface area (Å²) in [6, 6.07) is 11.5. The first kappa shape index (κ1) is 22.4. The average Bonchev–Trinajstić information content (AvgIpc) is 3.59. The maximum atomic E-state index is 14.9. The van der Waals surface area contributed by atoms with Crippen LogP contribution in [0, 0.1) is 5.82 Å². The van der Waals surface area contributed by atoms with Gasteiger partial charge in [-0.3, -0.25) is 9.59 Å². The van der Waals surface area contributed by atoms with Gasteiger partial charge in [0, 0.05) is 36.4 Å². The molecule has 178 valence electrons. The molecule has 0 radical (unpaired) electrons. The highest BCUT2D eigenvalue weighted by Gasteiger charge is 2.45. The molecule has 5 rings (SSSR count). The Labute approximate surface area is 199 Å². The molecule has 0 aliphatic carbocycles. The molecule has 0 saturated carbocycles. The number of Topliss-reactive ketones (excluding diaryl/α,β-unsaturated/α-hetero) is 1. The zero-order chi connectivity index (χ0) is 24.5. The van der Waals surface area contributed by atoms with Crippen LogP contribution in [0.3, 0.4) is 0 Å². The van der Waals surface area contributed by atoms with Crippen molar-refractivity contribution in [2.45, 2.75) is 19.0 Å². The maximum Gasteiger partial charge on any atom is 0.290 e. The minimum Gasteiger partial charge on any atom is -0.503 e. The molecule has 1 N–H and O–H groups in total. The van der Waals surface area contributed by atoms with E-state index in [1.165, 1.54) is 36.3 Å². The van der Waals surface area contributed by atoms with Crippen LogP contribution in [0.25, 0.3) is 11.0 Å². The van der Waals surface area contributed by atoms with Crippen molar-refractivity contribution >= 4 is 22.7 Å². The third-order valence-corrected chi connectivity index (χ3v) is 6.07. The molecule has 0 spiro atoms. The van der Waals surface area contributed by atoms with Crippen molar-refractivity contribution in [3.8, 4) is 5.75 Å². The van der Waals surface area contributed by atoms with Gasteiger partial charge in [0.05, 0.1) is 25.1 Å². The van der Waals surface area contributed by atoms with Gasteiger partial charge < -0.3 is 23.7 Å². The minimum absolute atomic E-state index is 0.0829. The van der Waals surface area contributed by atoms with Crippen LogP contribution in [0.5, 0.6) is 5.75 Å². The summed E-state index contributed by atoms with van der Waals surface area (Å²) in [7, 11) is 1.48. The van der Waals surface area contributed by atoms with E-state index in [4.69, 9.17) is 9.15 Å². The van der Waals surface area contributed by atoms with Crippen molar-refractivity contribution in [3.05, 3.63) is 95.7 Å². The van der Waals surface area contributed by atoms with E-state index in [2.05, 4.69) is 4.98 Å². The van der Waals surface area contributed by atoms with Gasteiger partial charge in [-0.1, -0.05) is 30.3 Å². The molecule has 35 heavy (non-hydrogen) atoms. The van der Waals surface area contributed by atoms with Gasteiger partial charge in [0.25, 0.3) is 5.91 Å². The second kappa shape index (κ2) is 9.09. The topological polar surface area (TPSA) is 97.8 Å². The molecule has 0 unspecified atom stereocenters. The lowest BCUT2D eigenvalue weighted by molar-refractivity contribution is -0.129. The smallest absolute Gasteiger partial charge is 0.290 e. The van der Waals surface area contributed by atoms with Crippen molar-refractivity contribution in [1.29, 1.82) is 0 Å². The van der Waals surface area contributed by atoms with Gasteiger partial charge in [0.1, 0.15) is 5.82 Å². The van der Waals surface area contributed by atoms with E-state index in [0.29, 0.717) is 29.7 Å². The number of amides is 1. The number of carbonyl (C=O) groups is 2. The Balaban J connectivity index is 1.53. The van der Waals surface area contributed by atoms with Crippen LogP contribution < -0.4 is 4.74 Å². The number of hydrogen-bond donors (Lipinski definition) is 1. The third kappa shape index (κ3) is 3.95. The van der Waals surface area contributed by atoms with E-state index in [1.807, 2.05) is 4.57 Å². The lowest BCUT2D eigenvalue weighted by Crippen LogP contribution is -2.33. The number of methoxy groups -OCH3 is 1. The van der Waals surface area contributed by atoms with E-state index in [1.54, 1.807) is 43.0 Å². The molecule has 8 nitrogen and oxygen atoms in total. The van der Waals surface area contributed by atoms with Gasteiger partial charge in [-0.2, -0.15) is 0 Å². The Morgan fingerprint density at radius 2 is 2.03 bits per heavy atom. The number of aromatic nitrogens is 2. The van der Waals surface area contributed by atoms with Gasteiger partial charge in [0.15, 0.2) is 22.9 Å². The number of fused-ring (bicyclic) bond motifs is 1. The number of aliphatic hydroxyl groups is 1. The van der Waals surface area contributed by atoms with Gasteiger partial charge in [0.2, 0.25) is 5.78 Å². The number of nitrogens with zero attached hydrogens (tertiary/aromatic N) is 3. The molecule has 1 amide bonds. The van der Waals surface area contributed by atoms with Crippen molar-refractivity contribution in [2.75, 3.05) is 13.7 Å². The van der Waals surface area contributed by atoms with Crippen molar-refractivity contribution in [2.24, 2.45) is 0 Å². The molecule has 2 aromatic carbocycles. The van der Waals surface area contributed by atoms with Crippen molar-refractivity contribution in [1.82, 2.24) is 14.5 Å². The quantitative estimate of drug-likeness (QED) is 0.378. The number of para-hydroxylation sites is 1. The number of ether oxygens (including phenoxy) is 1. The molecule has 4 aromatic rings. The average molecular weight is 475 g/mol. The lowest BCUT2D eigenvalue weighted by Gasteiger charge is -2.27. The molecule has 1 aliphatic heterocycles. The van der Waals surface area contributed by atoms with E-state index in [-0.39, 0.29) is 23.4 Å². The van der Waals surface area contributed by atoms with E-state index >= 15 is 0 Å². The highest BCUT2D eigenvalue weighted by atomic mass is 19.1. The van der Waals surface area contributed by atoms with Crippen LogP contribution in [0.1, 0.15) is 28.6 Å². The number of carbonyl (C=O) groups excluding carboxylic acids is 2. The van der Waals surface area contributed by atoms with Crippen LogP contribution in [-0.2, 0) is 11.3 Å². The Bertz CT molecular complexity index is 1440. The van der Waals surface area contributed by atoms with Crippen molar-refractivity contribution < 1.29 is 28.2 Å². The maximum absolute atomic E-state index is 14.9. The number of aryl methyl sites for hydroxylation is 1. The van der Waals surface area contributed by atoms with Crippen LogP contribution in [0.2, 0.25) is 0 Å². The number of benzene rings is 2. The summed E-state index contributed by atoms with van der Waals surface area (Å²) in [5.74, 6) is -2.37. The third-order valence-electron chi connectivity index (χ3n) is 6.07. The number of halogens is 1. The number of furan rings is 1. The fourth-order valence-electron chi connectivity index (χ4n) is 4.42. The van der Waals surface area contributed by atoms with Gasteiger partial charge in [-0.25, -0.2) is 9.37 Å². The largest absolute Gasteiger partial charge is 0.503 e. The van der Waals surface area contributed by atoms with Crippen LogP contribution >= 0.6 is 0 Å². The van der Waals surface area contributed by atoms with Crippen LogP contribution in [0.4, 0.5) is 4.39 Å². The zero-order valence-electron chi connectivity index (χ0n) is 18.8. The van der Waals surface area contributed by atoms with E-state index in [0.717, 1.165) is 0 Å². The highest BCUT2D eigenvalue weighted by Crippen LogP contribution is 2.41. The molecule has 0 saturated heterocycles. The summed E-state index contributed by atoms with van der Waals surface area (Å²) in [5, 5.41) is 11.4. The lowest BCUT2D eigenvalue weighted by atomic mass is 9.94. The fraction of sp³-hybridized carbons (Fsp3) is 0.192. The number of rotatable bonds is 8. The van der Waals surface area contributed by atoms with Crippen LogP contribution in [-0.4, -0.2) is 44.9 Å². The van der Waals surface area contributed by atoms with E-state index < -0.39 is 29.3 Å². The van der Waals surface area contributed by atoms with Crippen LogP contribution in [0.15, 0.2) is 83.0 Å². The highest BCUT2D eigenvalue weighted by molar-refractivity contribution is 6.16. The standard InChI is InChI=1S/C26H22FN3O5/c1-34-19-9-4-6-16-14-20(35-25(16)19)23(31)21-22(17-7-2-3-8-18(17)27)30(26(33)24(21)32)12-5-11-29-13-10-28-15-29/h2-4,6-10,13-15,22,32H,5,11-12H2,1H3/t22-/m0/s1. The number of ketones is 1. The van der Waals surface area contributed by atoms with Gasteiger partial charge in [-0.05, 0) is 24.6 Å². The number of aliphatic hydroxyl groups excluding tert-OH is 1. The molecule has 1 aliphatic rings. The first-order valence-corrected chi connectivity index (χ1v) is 11.0. The monoisotopic (exact) mass is 475 g/mol. The summed E-state index contributed by atoms with van der Waals surface area (Å²) in [5.41, 5.74) is 0.257. The van der Waals surface area contributed by atoms with Gasteiger partial charge >= 0.3 is 0 Å². The predicted octanol–water partition coefficient (Wildman–Crippen LogP) is 4.45. The zero-order valence-corrected chi connectivity index (χ0v) is 18.8. The summed E-state index contributed by atoms with van der Waals surface area (Å²) in [6.07, 6.45) is 5.60. The summed E-state index contributed by atoms with van der Waals surface area (Å²) < 4.78 is 27.8. The Kier molecular flexibility index (Phi) is 5.82. The van der Waals surface area contributed by atoms with Crippen molar-refractivity contribution in [3.63, 3.8) is 0 Å². The predicted molar refractivity (Wildman–Crippen MR) is 124 cm³/mol. The summed E-state index contributed by atoms with van der Waals surface area (Å²) in [4.78, 5) is 32.0.